The van der Waals surface area contributed by atoms with E-state index in [1.807, 2.05) is 7.05 Å². The topological polar surface area (TPSA) is 46.6 Å². The number of ether oxygens (including phenoxy) is 1. The Labute approximate surface area is 120 Å². The number of benzene rings is 1. The number of esters is 1. The molecule has 1 aliphatic rings. The Kier molecular flexibility index (Phi) is 4.37. The Balaban J connectivity index is 2.07. The third-order valence-electron chi connectivity index (χ3n) is 3.27. The number of carbonyl (C=O) groups is 2. The number of ketones is 1. The molecule has 0 N–H and O–H groups in total. The lowest BCUT2D eigenvalue weighted by Crippen LogP contribution is -2.23. The summed E-state index contributed by atoms with van der Waals surface area (Å²) in [6.45, 7) is 3.16. The summed E-state index contributed by atoms with van der Waals surface area (Å²) in [5, 5.41) is 0. The highest BCUT2D eigenvalue weighted by Gasteiger charge is 2.28. The molecule has 1 aliphatic heterocycles. The zero-order chi connectivity index (χ0) is 14.0. The van der Waals surface area contributed by atoms with Crippen LogP contribution in [0, 0.1) is 5.92 Å². The van der Waals surface area contributed by atoms with Crippen molar-refractivity contribution in [3.8, 4) is 5.75 Å². The first-order chi connectivity index (χ1) is 8.97. The van der Waals surface area contributed by atoms with Crippen LogP contribution in [0.3, 0.4) is 0 Å². The molecule has 1 saturated heterocycles. The van der Waals surface area contributed by atoms with Gasteiger partial charge in [0, 0.05) is 12.1 Å². The highest BCUT2D eigenvalue weighted by molar-refractivity contribution is 9.10. The van der Waals surface area contributed by atoms with Gasteiger partial charge in [-0.1, -0.05) is 0 Å². The summed E-state index contributed by atoms with van der Waals surface area (Å²) in [6, 6.07) is 4.99. The van der Waals surface area contributed by atoms with Gasteiger partial charge in [0.15, 0.2) is 5.78 Å². The number of hydrogen-bond acceptors (Lipinski definition) is 4. The number of likely N-dealkylation sites (tertiary alicyclic amines) is 1. The van der Waals surface area contributed by atoms with E-state index in [9.17, 15) is 9.59 Å². The Morgan fingerprint density at radius 2 is 2.16 bits per heavy atom. The fraction of sp³-hybridized carbons (Fsp3) is 0.429. The lowest BCUT2D eigenvalue weighted by Gasteiger charge is -2.11. The number of rotatable bonds is 3. The van der Waals surface area contributed by atoms with Crippen LogP contribution in [0.1, 0.15) is 23.7 Å². The van der Waals surface area contributed by atoms with Crippen LogP contribution in [0.15, 0.2) is 22.7 Å². The fourth-order valence-corrected chi connectivity index (χ4v) is 2.58. The van der Waals surface area contributed by atoms with Gasteiger partial charge in [0.1, 0.15) is 5.75 Å². The second-order valence-electron chi connectivity index (χ2n) is 4.87. The molecule has 0 aromatic heterocycles. The van der Waals surface area contributed by atoms with Crippen LogP contribution in [-0.2, 0) is 4.79 Å². The summed E-state index contributed by atoms with van der Waals surface area (Å²) in [5.74, 6) is 0.172. The molecule has 19 heavy (non-hydrogen) atoms. The van der Waals surface area contributed by atoms with E-state index >= 15 is 0 Å². The average Bonchev–Trinajstić information content (AvgIpc) is 2.78. The van der Waals surface area contributed by atoms with Crippen LogP contribution in [0.5, 0.6) is 5.75 Å². The van der Waals surface area contributed by atoms with Crippen molar-refractivity contribution in [1.82, 2.24) is 4.90 Å². The molecule has 1 fully saturated rings. The molecule has 1 aromatic rings. The summed E-state index contributed by atoms with van der Waals surface area (Å²) in [6.07, 6.45) is 0.832. The van der Waals surface area contributed by atoms with Gasteiger partial charge < -0.3 is 9.64 Å². The third-order valence-corrected chi connectivity index (χ3v) is 3.89. The Morgan fingerprint density at radius 1 is 1.42 bits per heavy atom. The molecular weight excluding hydrogens is 310 g/mol. The SMILES string of the molecule is CC(=O)c1ccc(OC(=O)C2CCN(C)C2)c(Br)c1. The zero-order valence-electron chi connectivity index (χ0n) is 11.0. The van der Waals surface area contributed by atoms with Gasteiger partial charge in [-0.2, -0.15) is 0 Å². The summed E-state index contributed by atoms with van der Waals surface area (Å²) in [4.78, 5) is 25.3. The number of Topliss-reactive ketones (excluding diaryl/α,β-unsaturated/α-hetero) is 1. The normalized spacial score (nSPS) is 19.4. The van der Waals surface area contributed by atoms with E-state index in [2.05, 4.69) is 20.8 Å². The number of nitrogens with zero attached hydrogens (tertiary/aromatic N) is 1. The maximum atomic E-state index is 12.0. The molecule has 0 spiro atoms. The van der Waals surface area contributed by atoms with Gasteiger partial charge in [0.05, 0.1) is 10.4 Å². The van der Waals surface area contributed by atoms with Gasteiger partial charge in [-0.05, 0) is 61.1 Å². The van der Waals surface area contributed by atoms with Crippen LogP contribution in [-0.4, -0.2) is 36.8 Å². The molecule has 0 bridgehead atoms. The number of carbonyl (C=O) groups excluding carboxylic acids is 2. The maximum Gasteiger partial charge on any atom is 0.315 e. The minimum absolute atomic E-state index is 0.0176. The Bertz CT molecular complexity index is 515. The van der Waals surface area contributed by atoms with E-state index in [4.69, 9.17) is 4.74 Å². The molecule has 0 saturated carbocycles. The molecule has 0 amide bonds. The molecule has 0 aliphatic carbocycles. The van der Waals surface area contributed by atoms with Crippen LogP contribution in [0.4, 0.5) is 0 Å². The highest BCUT2D eigenvalue weighted by Crippen LogP contribution is 2.28. The smallest absolute Gasteiger partial charge is 0.315 e. The van der Waals surface area contributed by atoms with Crippen molar-refractivity contribution in [2.75, 3.05) is 20.1 Å². The first kappa shape index (κ1) is 14.2. The van der Waals surface area contributed by atoms with Crippen LogP contribution < -0.4 is 4.74 Å². The van der Waals surface area contributed by atoms with Crippen molar-refractivity contribution >= 4 is 27.7 Å². The van der Waals surface area contributed by atoms with Crippen molar-refractivity contribution in [2.45, 2.75) is 13.3 Å². The van der Waals surface area contributed by atoms with Gasteiger partial charge in [0.25, 0.3) is 0 Å². The van der Waals surface area contributed by atoms with Crippen molar-refractivity contribution in [3.05, 3.63) is 28.2 Å². The molecule has 1 heterocycles. The van der Waals surface area contributed by atoms with Gasteiger partial charge in [-0.15, -0.1) is 0 Å². The summed E-state index contributed by atoms with van der Waals surface area (Å²) < 4.78 is 6.01. The molecule has 2 rings (SSSR count). The van der Waals surface area contributed by atoms with Crippen molar-refractivity contribution < 1.29 is 14.3 Å². The van der Waals surface area contributed by atoms with E-state index < -0.39 is 0 Å². The molecule has 1 atom stereocenters. The van der Waals surface area contributed by atoms with E-state index in [1.165, 1.54) is 6.92 Å². The Hall–Kier alpha value is -1.20. The lowest BCUT2D eigenvalue weighted by molar-refractivity contribution is -0.138. The summed E-state index contributed by atoms with van der Waals surface area (Å²) >= 11 is 3.32. The predicted molar refractivity (Wildman–Crippen MR) is 75.4 cm³/mol. The van der Waals surface area contributed by atoms with Crippen molar-refractivity contribution in [1.29, 1.82) is 0 Å². The molecule has 1 unspecified atom stereocenters. The summed E-state index contributed by atoms with van der Waals surface area (Å²) in [5.41, 5.74) is 0.590. The molecule has 102 valence electrons. The van der Waals surface area contributed by atoms with Gasteiger partial charge in [-0.3, -0.25) is 9.59 Å². The Morgan fingerprint density at radius 3 is 2.68 bits per heavy atom. The molecule has 4 nitrogen and oxygen atoms in total. The standard InChI is InChI=1S/C14H16BrNO3/c1-9(17)10-3-4-13(12(15)7-10)19-14(18)11-5-6-16(2)8-11/h3-4,7,11H,5-6,8H2,1-2H3. The average molecular weight is 326 g/mol. The lowest BCUT2D eigenvalue weighted by atomic mass is 10.1. The number of hydrogen-bond donors (Lipinski definition) is 0. The third kappa shape index (κ3) is 3.42. The molecular formula is C14H16BrNO3. The van der Waals surface area contributed by atoms with Gasteiger partial charge in [-0.25, -0.2) is 0 Å². The molecule has 1 aromatic carbocycles. The highest BCUT2D eigenvalue weighted by atomic mass is 79.9. The second-order valence-corrected chi connectivity index (χ2v) is 5.72. The van der Waals surface area contributed by atoms with Gasteiger partial charge in [0.2, 0.25) is 0 Å². The quantitative estimate of drug-likeness (QED) is 0.486. The minimum Gasteiger partial charge on any atom is -0.425 e. The summed E-state index contributed by atoms with van der Waals surface area (Å²) in [7, 11) is 1.99. The maximum absolute atomic E-state index is 12.0. The predicted octanol–water partition coefficient (Wildman–Crippen LogP) is 2.51. The first-order valence-electron chi connectivity index (χ1n) is 6.18. The van der Waals surface area contributed by atoms with E-state index in [-0.39, 0.29) is 17.7 Å². The van der Waals surface area contributed by atoms with Crippen LogP contribution in [0.25, 0.3) is 0 Å². The molecule has 5 heteroatoms. The minimum atomic E-state index is -0.208. The van der Waals surface area contributed by atoms with E-state index in [1.54, 1.807) is 18.2 Å². The van der Waals surface area contributed by atoms with Crippen LogP contribution in [0.2, 0.25) is 0 Å². The van der Waals surface area contributed by atoms with Crippen molar-refractivity contribution in [2.24, 2.45) is 5.92 Å². The van der Waals surface area contributed by atoms with E-state index in [0.717, 1.165) is 19.5 Å². The van der Waals surface area contributed by atoms with E-state index in [0.29, 0.717) is 15.8 Å². The van der Waals surface area contributed by atoms with Crippen molar-refractivity contribution in [3.63, 3.8) is 0 Å². The van der Waals surface area contributed by atoms with Crippen LogP contribution >= 0.6 is 15.9 Å². The first-order valence-corrected chi connectivity index (χ1v) is 6.97. The largest absolute Gasteiger partial charge is 0.425 e. The second kappa shape index (κ2) is 5.84. The monoisotopic (exact) mass is 325 g/mol. The molecule has 0 radical (unpaired) electrons. The fourth-order valence-electron chi connectivity index (χ4n) is 2.12. The number of halogens is 1. The zero-order valence-corrected chi connectivity index (χ0v) is 12.6. The van der Waals surface area contributed by atoms with Gasteiger partial charge >= 0.3 is 5.97 Å².